The molecule has 1 rings (SSSR count). The van der Waals surface area contributed by atoms with Crippen molar-refractivity contribution in [2.24, 2.45) is 5.73 Å². The molecule has 4 amide bonds. The van der Waals surface area contributed by atoms with E-state index >= 15 is 0 Å². The fraction of sp³-hybridized carbons (Fsp3) is 0.632. The molecule has 0 spiro atoms. The third kappa shape index (κ3) is 11.8. The maximum absolute atomic E-state index is 11.7. The summed E-state index contributed by atoms with van der Waals surface area (Å²) in [6.07, 6.45) is 3.94. The minimum absolute atomic E-state index is 0.0176. The van der Waals surface area contributed by atoms with Crippen LogP contribution in [0.15, 0.2) is 12.2 Å². The van der Waals surface area contributed by atoms with Crippen LogP contribution in [0.3, 0.4) is 0 Å². The Bertz CT molecular complexity index is 649. The van der Waals surface area contributed by atoms with Crippen molar-refractivity contribution in [3.63, 3.8) is 0 Å². The molecule has 0 aliphatic carbocycles. The highest BCUT2D eigenvalue weighted by Crippen LogP contribution is 2.03. The Morgan fingerprint density at radius 1 is 0.968 bits per heavy atom. The average molecular weight is 442 g/mol. The smallest absolute Gasteiger partial charge is 0.320 e. The number of nitrogens with one attached hydrogen (secondary N) is 2. The molecule has 31 heavy (non-hydrogen) atoms. The molecule has 0 radical (unpaired) electrons. The van der Waals surface area contributed by atoms with Crippen LogP contribution in [-0.4, -0.2) is 91.7 Å². The molecule has 0 saturated carbocycles. The topological polar surface area (TPSA) is 177 Å². The van der Waals surface area contributed by atoms with Gasteiger partial charge in [-0.3, -0.25) is 28.9 Å². The second-order valence-corrected chi connectivity index (χ2v) is 6.72. The molecular formula is C19H30N4O8. The first-order valence-corrected chi connectivity index (χ1v) is 10.0. The maximum Gasteiger partial charge on any atom is 0.320 e. The van der Waals surface area contributed by atoms with E-state index in [1.54, 1.807) is 0 Å². The van der Waals surface area contributed by atoms with Crippen LogP contribution >= 0.6 is 0 Å². The van der Waals surface area contributed by atoms with E-state index in [1.165, 1.54) is 12.2 Å². The van der Waals surface area contributed by atoms with Gasteiger partial charge < -0.3 is 30.9 Å². The first kappa shape index (κ1) is 26.2. The quantitative estimate of drug-likeness (QED) is 0.149. The summed E-state index contributed by atoms with van der Waals surface area (Å²) in [6, 6.07) is -0.879. The van der Waals surface area contributed by atoms with Gasteiger partial charge in [-0.05, 0) is 19.3 Å². The zero-order chi connectivity index (χ0) is 23.1. The molecule has 1 aliphatic heterocycles. The Morgan fingerprint density at radius 3 is 2.29 bits per heavy atom. The summed E-state index contributed by atoms with van der Waals surface area (Å²) in [5, 5.41) is 13.9. The van der Waals surface area contributed by atoms with Gasteiger partial charge in [-0.25, -0.2) is 0 Å². The molecule has 5 N–H and O–H groups in total. The number of nitrogens with two attached hydrogens (primary N) is 1. The molecule has 1 aliphatic rings. The largest absolute Gasteiger partial charge is 0.480 e. The highest BCUT2D eigenvalue weighted by atomic mass is 16.5. The fourth-order valence-corrected chi connectivity index (χ4v) is 2.49. The Balaban J connectivity index is 1.89. The van der Waals surface area contributed by atoms with Crippen molar-refractivity contribution in [1.29, 1.82) is 0 Å². The number of aliphatic carboxylic acids is 1. The van der Waals surface area contributed by atoms with Crippen LogP contribution < -0.4 is 16.4 Å². The molecule has 12 heteroatoms. The summed E-state index contributed by atoms with van der Waals surface area (Å²) < 4.78 is 10.4. The maximum atomic E-state index is 11.7. The molecule has 174 valence electrons. The predicted molar refractivity (Wildman–Crippen MR) is 108 cm³/mol. The monoisotopic (exact) mass is 442 g/mol. The van der Waals surface area contributed by atoms with Crippen molar-refractivity contribution < 1.29 is 38.6 Å². The number of nitrogens with zero attached hydrogens (tertiary/aromatic N) is 1. The zero-order valence-electron chi connectivity index (χ0n) is 17.3. The number of ether oxygens (including phenoxy) is 2. The lowest BCUT2D eigenvalue weighted by Crippen LogP contribution is -2.35. The van der Waals surface area contributed by atoms with Crippen molar-refractivity contribution in [1.82, 2.24) is 15.5 Å². The predicted octanol–water partition coefficient (Wildman–Crippen LogP) is -1.85. The number of hydrogen-bond acceptors (Lipinski definition) is 8. The first-order chi connectivity index (χ1) is 14.8. The van der Waals surface area contributed by atoms with E-state index in [9.17, 15) is 24.0 Å². The van der Waals surface area contributed by atoms with Crippen LogP contribution in [-0.2, 0) is 33.4 Å². The summed E-state index contributed by atoms with van der Waals surface area (Å²) in [5.74, 6) is -2.45. The van der Waals surface area contributed by atoms with Crippen LogP contribution in [0, 0.1) is 0 Å². The van der Waals surface area contributed by atoms with E-state index in [4.69, 9.17) is 20.3 Å². The van der Waals surface area contributed by atoms with Gasteiger partial charge in [0.1, 0.15) is 12.6 Å². The molecule has 1 heterocycles. The lowest BCUT2D eigenvalue weighted by atomic mass is 10.1. The number of amides is 4. The third-order valence-corrected chi connectivity index (χ3v) is 4.22. The van der Waals surface area contributed by atoms with Gasteiger partial charge in [0.15, 0.2) is 0 Å². The molecule has 12 nitrogen and oxygen atoms in total. The van der Waals surface area contributed by atoms with E-state index in [1.807, 2.05) is 0 Å². The number of carbonyl (C=O) groups excluding carboxylic acids is 4. The molecule has 0 aromatic carbocycles. The van der Waals surface area contributed by atoms with Crippen LogP contribution in [0.4, 0.5) is 0 Å². The molecule has 1 atom stereocenters. The van der Waals surface area contributed by atoms with E-state index in [0.717, 1.165) is 4.90 Å². The first-order valence-electron chi connectivity index (χ1n) is 10.0. The van der Waals surface area contributed by atoms with Crippen LogP contribution in [0.5, 0.6) is 0 Å². The number of hydrogen-bond donors (Lipinski definition) is 4. The SMILES string of the molecule is N[C@@H](CCCCNC(=O)COCCOCCNC(=O)CCN1C(=O)C=CC1=O)C(=O)O. The molecule has 0 fully saturated rings. The van der Waals surface area contributed by atoms with Gasteiger partial charge in [0.25, 0.3) is 11.8 Å². The van der Waals surface area contributed by atoms with Gasteiger partial charge in [-0.15, -0.1) is 0 Å². The van der Waals surface area contributed by atoms with Crippen LogP contribution in [0.2, 0.25) is 0 Å². The molecule has 0 bridgehead atoms. The van der Waals surface area contributed by atoms with Gasteiger partial charge in [0.05, 0.1) is 19.8 Å². The lowest BCUT2D eigenvalue weighted by Gasteiger charge is -2.13. The highest BCUT2D eigenvalue weighted by molar-refractivity contribution is 6.13. The van der Waals surface area contributed by atoms with Gasteiger partial charge in [0.2, 0.25) is 11.8 Å². The number of carboxylic acid groups (broad SMARTS) is 1. The minimum atomic E-state index is -1.03. The van der Waals surface area contributed by atoms with Crippen LogP contribution in [0.25, 0.3) is 0 Å². The number of carboxylic acids is 1. The third-order valence-electron chi connectivity index (χ3n) is 4.22. The molecule has 0 aromatic rings. The number of unbranched alkanes of at least 4 members (excludes halogenated alkanes) is 1. The van der Waals surface area contributed by atoms with Gasteiger partial charge in [-0.1, -0.05) is 0 Å². The average Bonchev–Trinajstić information content (AvgIpc) is 3.05. The standard InChI is InChI=1S/C19H30N4O8/c20-14(19(28)29)3-1-2-7-21-16(25)13-31-12-11-30-10-8-22-15(24)6-9-23-17(26)4-5-18(23)27/h4-5,14H,1-3,6-13,20H2,(H,21,25)(H,22,24)(H,28,29)/t14-/m0/s1. The zero-order valence-corrected chi connectivity index (χ0v) is 17.3. The summed E-state index contributed by atoms with van der Waals surface area (Å²) in [7, 11) is 0. The van der Waals surface area contributed by atoms with Gasteiger partial charge in [-0.2, -0.15) is 0 Å². The lowest BCUT2D eigenvalue weighted by molar-refractivity contribution is -0.139. The fourth-order valence-electron chi connectivity index (χ4n) is 2.49. The Morgan fingerprint density at radius 2 is 1.61 bits per heavy atom. The minimum Gasteiger partial charge on any atom is -0.480 e. The second kappa shape index (κ2) is 15.0. The van der Waals surface area contributed by atoms with E-state index in [2.05, 4.69) is 10.6 Å². The molecule has 0 unspecified atom stereocenters. The van der Waals surface area contributed by atoms with E-state index in [0.29, 0.717) is 25.8 Å². The summed E-state index contributed by atoms with van der Waals surface area (Å²) in [4.78, 5) is 57.5. The summed E-state index contributed by atoms with van der Waals surface area (Å²) in [6.45, 7) is 1.32. The van der Waals surface area contributed by atoms with Crippen molar-refractivity contribution in [3.8, 4) is 0 Å². The van der Waals surface area contributed by atoms with Crippen molar-refractivity contribution in [2.45, 2.75) is 31.7 Å². The second-order valence-electron chi connectivity index (χ2n) is 6.72. The Labute approximate surface area is 180 Å². The Kier molecular flexibility index (Phi) is 12.7. The van der Waals surface area contributed by atoms with Crippen molar-refractivity contribution in [3.05, 3.63) is 12.2 Å². The highest BCUT2D eigenvalue weighted by Gasteiger charge is 2.23. The normalized spacial score (nSPS) is 14.0. The molecule has 0 saturated heterocycles. The molecule has 0 aromatic heterocycles. The van der Waals surface area contributed by atoms with E-state index in [-0.39, 0.29) is 57.8 Å². The number of imide groups is 1. The van der Waals surface area contributed by atoms with Crippen molar-refractivity contribution in [2.75, 3.05) is 46.1 Å². The summed E-state index contributed by atoms with van der Waals surface area (Å²) in [5.41, 5.74) is 5.38. The number of carbonyl (C=O) groups is 5. The molecular weight excluding hydrogens is 412 g/mol. The van der Waals surface area contributed by atoms with Gasteiger partial charge >= 0.3 is 5.97 Å². The number of rotatable bonds is 17. The van der Waals surface area contributed by atoms with Crippen LogP contribution in [0.1, 0.15) is 25.7 Å². The van der Waals surface area contributed by atoms with Gasteiger partial charge in [0, 0.05) is 38.2 Å². The summed E-state index contributed by atoms with van der Waals surface area (Å²) >= 11 is 0. The van der Waals surface area contributed by atoms with Crippen molar-refractivity contribution >= 4 is 29.6 Å². The van der Waals surface area contributed by atoms with E-state index < -0.39 is 23.8 Å². The Hall–Kier alpha value is -2.83.